The highest BCUT2D eigenvalue weighted by atomic mass is 16.6. The van der Waals surface area contributed by atoms with Crippen LogP contribution in [0.5, 0.6) is 17.2 Å². The molecule has 1 aliphatic heterocycles. The summed E-state index contributed by atoms with van der Waals surface area (Å²) in [5.74, 6) is -0.328. The Hall–Kier alpha value is -4.62. The van der Waals surface area contributed by atoms with Crippen LogP contribution in [0.15, 0.2) is 66.7 Å². The van der Waals surface area contributed by atoms with Crippen molar-refractivity contribution in [2.45, 2.75) is 0 Å². The van der Waals surface area contributed by atoms with Crippen LogP contribution in [0.3, 0.4) is 0 Å². The molecule has 29 heavy (non-hydrogen) atoms. The monoisotopic (exact) mass is 384 g/mol. The van der Waals surface area contributed by atoms with Crippen molar-refractivity contribution in [2.75, 3.05) is 0 Å². The quantitative estimate of drug-likeness (QED) is 0.525. The third-order valence-electron chi connectivity index (χ3n) is 3.79. The first-order valence-electron chi connectivity index (χ1n) is 8.28. The Balaban J connectivity index is 0.000000224. The highest BCUT2D eigenvalue weighted by molar-refractivity contribution is 6.14. The van der Waals surface area contributed by atoms with Gasteiger partial charge in [0.25, 0.3) is 0 Å². The number of phenols is 1. The van der Waals surface area contributed by atoms with Crippen LogP contribution in [-0.4, -0.2) is 17.0 Å². The van der Waals surface area contributed by atoms with Gasteiger partial charge in [-0.05, 0) is 54.6 Å². The second-order valence-electron chi connectivity index (χ2n) is 5.79. The van der Waals surface area contributed by atoms with Crippen molar-refractivity contribution < 1.29 is 24.2 Å². The number of ether oxygens (including phenoxy) is 2. The fraction of sp³-hybridized carbons (Fsp3) is 0. The molecule has 4 rings (SSSR count). The summed E-state index contributed by atoms with van der Waals surface area (Å²) >= 11 is 0. The van der Waals surface area contributed by atoms with E-state index < -0.39 is 11.9 Å². The van der Waals surface area contributed by atoms with E-state index in [1.807, 2.05) is 12.1 Å². The molecule has 3 aromatic carbocycles. The summed E-state index contributed by atoms with van der Waals surface area (Å²) in [5, 5.41) is 25.9. The second kappa shape index (κ2) is 8.38. The summed E-state index contributed by atoms with van der Waals surface area (Å²) in [4.78, 5) is 22.7. The summed E-state index contributed by atoms with van der Waals surface area (Å²) in [6, 6.07) is 21.2. The molecule has 0 radical (unpaired) electrons. The van der Waals surface area contributed by atoms with Gasteiger partial charge in [0, 0.05) is 0 Å². The lowest BCUT2D eigenvalue weighted by Crippen LogP contribution is -1.96. The molecule has 0 aromatic heterocycles. The SMILES string of the molecule is N#Cc1cccc(O)c1.N#Cc1cccc(Oc2ccc3c(c2)C(=O)OC3=O)c1. The van der Waals surface area contributed by atoms with Gasteiger partial charge >= 0.3 is 11.9 Å². The maximum atomic E-state index is 11.4. The normalized spacial score (nSPS) is 11.2. The van der Waals surface area contributed by atoms with Crippen molar-refractivity contribution >= 4 is 11.9 Å². The Bertz CT molecular complexity index is 1190. The van der Waals surface area contributed by atoms with Crippen molar-refractivity contribution in [2.24, 2.45) is 0 Å². The minimum absolute atomic E-state index is 0.133. The number of hydrogen-bond donors (Lipinski definition) is 1. The number of rotatable bonds is 2. The molecule has 0 unspecified atom stereocenters. The molecule has 0 amide bonds. The lowest BCUT2D eigenvalue weighted by Gasteiger charge is -2.06. The summed E-state index contributed by atoms with van der Waals surface area (Å²) in [5.41, 5.74) is 1.37. The zero-order valence-electron chi connectivity index (χ0n) is 14.8. The number of nitrogens with zero attached hydrogens (tertiary/aromatic N) is 2. The van der Waals surface area contributed by atoms with Crippen LogP contribution in [0.25, 0.3) is 0 Å². The first-order chi connectivity index (χ1) is 14.0. The van der Waals surface area contributed by atoms with E-state index in [0.717, 1.165) is 0 Å². The van der Waals surface area contributed by atoms with Crippen LogP contribution >= 0.6 is 0 Å². The van der Waals surface area contributed by atoms with Crippen molar-refractivity contribution in [3.05, 3.63) is 89.0 Å². The van der Waals surface area contributed by atoms with Gasteiger partial charge in [-0.1, -0.05) is 12.1 Å². The molecule has 0 spiro atoms. The van der Waals surface area contributed by atoms with Crippen molar-refractivity contribution in [1.82, 2.24) is 0 Å². The number of carbonyl (C=O) groups is 2. The first-order valence-corrected chi connectivity index (χ1v) is 8.28. The molecular weight excluding hydrogens is 372 g/mol. The van der Waals surface area contributed by atoms with Gasteiger partial charge < -0.3 is 14.6 Å². The summed E-state index contributed by atoms with van der Waals surface area (Å²) in [7, 11) is 0. The van der Waals surface area contributed by atoms with E-state index in [2.05, 4.69) is 4.74 Å². The largest absolute Gasteiger partial charge is 0.508 e. The van der Waals surface area contributed by atoms with Crippen molar-refractivity contribution in [1.29, 1.82) is 10.5 Å². The van der Waals surface area contributed by atoms with Crippen LogP contribution in [0.2, 0.25) is 0 Å². The van der Waals surface area contributed by atoms with Gasteiger partial charge in [0.15, 0.2) is 0 Å². The molecule has 0 aliphatic carbocycles. The highest BCUT2D eigenvalue weighted by Crippen LogP contribution is 2.28. The van der Waals surface area contributed by atoms with E-state index in [9.17, 15) is 9.59 Å². The molecular formula is C22H12N2O5. The molecule has 1 N–H and O–H groups in total. The third-order valence-corrected chi connectivity index (χ3v) is 3.79. The molecule has 3 aromatic rings. The summed E-state index contributed by atoms with van der Waals surface area (Å²) in [6.07, 6.45) is 0. The Morgan fingerprint density at radius 3 is 2.03 bits per heavy atom. The number of phenolic OH excluding ortho intramolecular Hbond substituents is 1. The van der Waals surface area contributed by atoms with Crippen molar-refractivity contribution in [3.8, 4) is 29.4 Å². The number of aromatic hydroxyl groups is 1. The predicted molar refractivity (Wildman–Crippen MR) is 100 cm³/mol. The zero-order valence-corrected chi connectivity index (χ0v) is 14.8. The number of carbonyl (C=O) groups excluding carboxylic acids is 2. The molecule has 1 heterocycles. The predicted octanol–water partition coefficient (Wildman–Crippen LogP) is 3.93. The number of nitriles is 2. The molecule has 7 nitrogen and oxygen atoms in total. The number of benzene rings is 3. The smallest absolute Gasteiger partial charge is 0.347 e. The molecule has 0 atom stereocenters. The Morgan fingerprint density at radius 2 is 1.38 bits per heavy atom. The Kier molecular flexibility index (Phi) is 5.53. The van der Waals surface area contributed by atoms with E-state index in [-0.39, 0.29) is 16.9 Å². The van der Waals surface area contributed by atoms with E-state index in [1.54, 1.807) is 42.5 Å². The number of esters is 2. The van der Waals surface area contributed by atoms with Crippen LogP contribution in [0.1, 0.15) is 31.8 Å². The molecule has 1 aliphatic rings. The van der Waals surface area contributed by atoms with E-state index in [4.69, 9.17) is 20.4 Å². The van der Waals surface area contributed by atoms with Crippen LogP contribution in [-0.2, 0) is 4.74 Å². The Labute approximate surface area is 165 Å². The van der Waals surface area contributed by atoms with Gasteiger partial charge in [0.05, 0.1) is 34.4 Å². The topological polar surface area (TPSA) is 120 Å². The van der Waals surface area contributed by atoms with E-state index >= 15 is 0 Å². The fourth-order valence-corrected chi connectivity index (χ4v) is 2.47. The minimum atomic E-state index is -0.679. The van der Waals surface area contributed by atoms with Crippen LogP contribution in [0.4, 0.5) is 0 Å². The van der Waals surface area contributed by atoms with Gasteiger partial charge in [-0.25, -0.2) is 9.59 Å². The van der Waals surface area contributed by atoms with Gasteiger partial charge in [-0.3, -0.25) is 0 Å². The molecule has 0 fully saturated rings. The average molecular weight is 384 g/mol. The maximum absolute atomic E-state index is 11.4. The van der Waals surface area contributed by atoms with Gasteiger partial charge in [-0.2, -0.15) is 10.5 Å². The molecule has 7 heteroatoms. The zero-order chi connectivity index (χ0) is 20.8. The number of cyclic esters (lactones) is 2. The molecule has 0 saturated heterocycles. The number of hydrogen-bond acceptors (Lipinski definition) is 7. The van der Waals surface area contributed by atoms with E-state index in [0.29, 0.717) is 22.6 Å². The first kappa shape index (κ1) is 19.2. The second-order valence-corrected chi connectivity index (χ2v) is 5.79. The highest BCUT2D eigenvalue weighted by Gasteiger charge is 2.29. The summed E-state index contributed by atoms with van der Waals surface area (Å²) < 4.78 is 10.1. The molecule has 140 valence electrons. The van der Waals surface area contributed by atoms with Gasteiger partial charge in [0.2, 0.25) is 0 Å². The molecule has 0 saturated carbocycles. The van der Waals surface area contributed by atoms with Crippen LogP contribution in [0, 0.1) is 22.7 Å². The lowest BCUT2D eigenvalue weighted by atomic mass is 10.1. The summed E-state index contributed by atoms with van der Waals surface area (Å²) in [6.45, 7) is 0. The standard InChI is InChI=1S/C15H7NO4.C7H5NO/c16-8-9-2-1-3-10(6-9)19-11-4-5-12-13(7-11)15(18)20-14(12)17;8-5-6-2-1-3-7(9)4-6/h1-7H;1-4,9H. The number of fused-ring (bicyclic) bond motifs is 1. The average Bonchev–Trinajstić information content (AvgIpc) is 3.02. The third kappa shape index (κ3) is 4.57. The Morgan fingerprint density at radius 1 is 0.759 bits per heavy atom. The van der Waals surface area contributed by atoms with Gasteiger partial charge in [0.1, 0.15) is 17.2 Å². The fourth-order valence-electron chi connectivity index (χ4n) is 2.47. The molecule has 0 bridgehead atoms. The van der Waals surface area contributed by atoms with E-state index in [1.165, 1.54) is 24.3 Å². The van der Waals surface area contributed by atoms with Crippen LogP contribution < -0.4 is 4.74 Å². The minimum Gasteiger partial charge on any atom is -0.508 e. The van der Waals surface area contributed by atoms with Crippen molar-refractivity contribution in [3.63, 3.8) is 0 Å². The maximum Gasteiger partial charge on any atom is 0.347 e. The van der Waals surface area contributed by atoms with Gasteiger partial charge in [-0.15, -0.1) is 0 Å². The lowest BCUT2D eigenvalue weighted by molar-refractivity contribution is 0.0443.